The molecule has 0 spiro atoms. The fourth-order valence-corrected chi connectivity index (χ4v) is 3.05. The van der Waals surface area contributed by atoms with Crippen molar-refractivity contribution in [3.05, 3.63) is 28.8 Å². The Morgan fingerprint density at radius 1 is 1.22 bits per heavy atom. The van der Waals surface area contributed by atoms with E-state index in [9.17, 15) is 0 Å². The van der Waals surface area contributed by atoms with Gasteiger partial charge in [-0.1, -0.05) is 19.1 Å². The number of hydrogen-bond acceptors (Lipinski definition) is 2. The lowest BCUT2D eigenvalue weighted by Gasteiger charge is -2.24. The van der Waals surface area contributed by atoms with Gasteiger partial charge in [0.05, 0.1) is 0 Å². The van der Waals surface area contributed by atoms with E-state index in [-0.39, 0.29) is 0 Å². The van der Waals surface area contributed by atoms with Crippen LogP contribution in [0.25, 0.3) is 0 Å². The third kappa shape index (κ3) is 2.86. The van der Waals surface area contributed by atoms with Crippen LogP contribution in [0, 0.1) is 6.92 Å². The minimum absolute atomic E-state index is 0.786. The van der Waals surface area contributed by atoms with Crippen LogP contribution in [0.15, 0.2) is 12.1 Å². The topological polar surface area (TPSA) is 29.3 Å². The third-order valence-corrected chi connectivity index (χ3v) is 3.91. The average molecular weight is 246 g/mol. The summed E-state index contributed by atoms with van der Waals surface area (Å²) in [6.07, 6.45) is 6.02. The largest absolute Gasteiger partial charge is 0.371 e. The van der Waals surface area contributed by atoms with E-state index in [4.69, 9.17) is 5.73 Å². The molecule has 1 aromatic carbocycles. The Balaban J connectivity index is 2.28. The first kappa shape index (κ1) is 13.4. The van der Waals surface area contributed by atoms with Gasteiger partial charge in [0.2, 0.25) is 0 Å². The molecule has 2 nitrogen and oxygen atoms in total. The maximum Gasteiger partial charge on any atom is 0.0428 e. The van der Waals surface area contributed by atoms with Crippen molar-refractivity contribution < 1.29 is 0 Å². The second-order valence-corrected chi connectivity index (χ2v) is 5.36. The quantitative estimate of drug-likeness (QED) is 0.865. The highest BCUT2D eigenvalue weighted by atomic mass is 15.1. The summed E-state index contributed by atoms with van der Waals surface area (Å²) >= 11 is 0. The summed E-state index contributed by atoms with van der Waals surface area (Å²) < 4.78 is 0. The maximum atomic E-state index is 5.61. The van der Waals surface area contributed by atoms with Gasteiger partial charge in [0.1, 0.15) is 0 Å². The molecule has 0 aliphatic carbocycles. The third-order valence-electron chi connectivity index (χ3n) is 3.91. The summed E-state index contributed by atoms with van der Waals surface area (Å²) in [5.74, 6) is 0. The molecule has 0 saturated carbocycles. The number of hydrogen-bond donors (Lipinski definition) is 1. The van der Waals surface area contributed by atoms with Crippen molar-refractivity contribution in [3.8, 4) is 0 Å². The van der Waals surface area contributed by atoms with Crippen molar-refractivity contribution in [3.63, 3.8) is 0 Å². The van der Waals surface area contributed by atoms with E-state index in [1.165, 1.54) is 48.3 Å². The molecule has 1 heterocycles. The van der Waals surface area contributed by atoms with Gasteiger partial charge in [-0.2, -0.15) is 0 Å². The highest BCUT2D eigenvalue weighted by Gasteiger charge is 2.17. The molecule has 0 aromatic heterocycles. The predicted octanol–water partition coefficient (Wildman–Crippen LogP) is 3.05. The number of aryl methyl sites for hydroxylation is 3. The molecular formula is C16H26N2. The Kier molecular flexibility index (Phi) is 4.65. The van der Waals surface area contributed by atoms with Crippen LogP contribution in [0.2, 0.25) is 0 Å². The summed E-state index contributed by atoms with van der Waals surface area (Å²) in [4.78, 5) is 2.57. The molecule has 2 rings (SSSR count). The van der Waals surface area contributed by atoms with Crippen LogP contribution in [0.4, 0.5) is 5.69 Å². The lowest BCUT2D eigenvalue weighted by Crippen LogP contribution is -2.20. The van der Waals surface area contributed by atoms with E-state index in [1.54, 1.807) is 0 Å². The fraction of sp³-hybridized carbons (Fsp3) is 0.625. The zero-order chi connectivity index (χ0) is 13.0. The molecule has 1 saturated heterocycles. The van der Waals surface area contributed by atoms with Crippen LogP contribution in [-0.4, -0.2) is 19.6 Å². The van der Waals surface area contributed by atoms with E-state index >= 15 is 0 Å². The molecule has 0 radical (unpaired) electrons. The van der Waals surface area contributed by atoms with Gasteiger partial charge in [-0.25, -0.2) is 0 Å². The van der Waals surface area contributed by atoms with Crippen LogP contribution < -0.4 is 10.6 Å². The first-order chi connectivity index (χ1) is 8.76. The Hall–Kier alpha value is -1.02. The second kappa shape index (κ2) is 6.24. The van der Waals surface area contributed by atoms with E-state index in [0.29, 0.717) is 0 Å². The normalized spacial score (nSPS) is 15.4. The standard InChI is InChI=1S/C16H26N2/c1-3-15-12-14(7-6-8-17)11-13(2)16(15)18-9-4-5-10-18/h11-12H,3-10,17H2,1-2H3. The Morgan fingerprint density at radius 2 is 1.94 bits per heavy atom. The summed E-state index contributed by atoms with van der Waals surface area (Å²) in [5, 5.41) is 0. The first-order valence-corrected chi connectivity index (χ1v) is 7.33. The Morgan fingerprint density at radius 3 is 2.56 bits per heavy atom. The number of rotatable bonds is 5. The molecule has 1 fully saturated rings. The molecule has 0 bridgehead atoms. The number of nitrogens with two attached hydrogens (primary N) is 1. The molecule has 2 N–H and O–H groups in total. The SMILES string of the molecule is CCc1cc(CCCN)cc(C)c1N1CCCC1. The van der Waals surface area contributed by atoms with E-state index in [0.717, 1.165) is 25.8 Å². The van der Waals surface area contributed by atoms with Crippen molar-refractivity contribution >= 4 is 5.69 Å². The Labute approximate surface area is 111 Å². The molecule has 18 heavy (non-hydrogen) atoms. The van der Waals surface area contributed by atoms with Crippen LogP contribution in [0.1, 0.15) is 42.9 Å². The summed E-state index contributed by atoms with van der Waals surface area (Å²) in [6.45, 7) is 7.78. The van der Waals surface area contributed by atoms with Crippen LogP contribution in [0.5, 0.6) is 0 Å². The van der Waals surface area contributed by atoms with Gasteiger partial charge in [-0.15, -0.1) is 0 Å². The van der Waals surface area contributed by atoms with Crippen LogP contribution >= 0.6 is 0 Å². The van der Waals surface area contributed by atoms with Gasteiger partial charge in [-0.05, 0) is 62.3 Å². The monoisotopic (exact) mass is 246 g/mol. The molecule has 1 aliphatic heterocycles. The van der Waals surface area contributed by atoms with Crippen molar-refractivity contribution in [1.82, 2.24) is 0 Å². The van der Waals surface area contributed by atoms with Crippen molar-refractivity contribution in [2.75, 3.05) is 24.5 Å². The molecule has 1 aromatic rings. The average Bonchev–Trinajstić information content (AvgIpc) is 2.89. The van der Waals surface area contributed by atoms with Crippen LogP contribution in [0.3, 0.4) is 0 Å². The van der Waals surface area contributed by atoms with Crippen LogP contribution in [-0.2, 0) is 12.8 Å². The van der Waals surface area contributed by atoms with Gasteiger partial charge in [0.25, 0.3) is 0 Å². The first-order valence-electron chi connectivity index (χ1n) is 7.33. The minimum Gasteiger partial charge on any atom is -0.371 e. The smallest absolute Gasteiger partial charge is 0.0428 e. The van der Waals surface area contributed by atoms with Gasteiger partial charge in [-0.3, -0.25) is 0 Å². The molecule has 0 amide bonds. The van der Waals surface area contributed by atoms with E-state index in [2.05, 4.69) is 30.9 Å². The molecule has 0 unspecified atom stereocenters. The summed E-state index contributed by atoms with van der Waals surface area (Å²) in [6, 6.07) is 4.76. The zero-order valence-electron chi connectivity index (χ0n) is 11.8. The lowest BCUT2D eigenvalue weighted by molar-refractivity contribution is 0.828. The minimum atomic E-state index is 0.786. The number of anilines is 1. The Bertz CT molecular complexity index is 392. The summed E-state index contributed by atoms with van der Waals surface area (Å²) in [7, 11) is 0. The zero-order valence-corrected chi connectivity index (χ0v) is 11.8. The van der Waals surface area contributed by atoms with Crippen molar-refractivity contribution in [2.45, 2.75) is 46.0 Å². The molecule has 2 heteroatoms. The second-order valence-electron chi connectivity index (χ2n) is 5.36. The summed E-state index contributed by atoms with van der Waals surface area (Å²) in [5.41, 5.74) is 11.5. The molecule has 0 atom stereocenters. The fourth-order valence-electron chi connectivity index (χ4n) is 3.05. The highest BCUT2D eigenvalue weighted by molar-refractivity contribution is 5.61. The predicted molar refractivity (Wildman–Crippen MR) is 79.4 cm³/mol. The molecular weight excluding hydrogens is 220 g/mol. The van der Waals surface area contributed by atoms with E-state index < -0.39 is 0 Å². The van der Waals surface area contributed by atoms with Crippen molar-refractivity contribution in [2.24, 2.45) is 5.73 Å². The lowest BCUT2D eigenvalue weighted by atomic mass is 9.98. The van der Waals surface area contributed by atoms with Gasteiger partial charge < -0.3 is 10.6 Å². The van der Waals surface area contributed by atoms with Gasteiger partial charge in [0.15, 0.2) is 0 Å². The number of benzene rings is 1. The number of nitrogens with zero attached hydrogens (tertiary/aromatic N) is 1. The maximum absolute atomic E-state index is 5.61. The highest BCUT2D eigenvalue weighted by Crippen LogP contribution is 2.30. The van der Waals surface area contributed by atoms with Gasteiger partial charge >= 0.3 is 0 Å². The molecule has 1 aliphatic rings. The van der Waals surface area contributed by atoms with Gasteiger partial charge in [0, 0.05) is 18.8 Å². The van der Waals surface area contributed by atoms with Crippen molar-refractivity contribution in [1.29, 1.82) is 0 Å². The molecule has 100 valence electrons. The van der Waals surface area contributed by atoms with E-state index in [1.807, 2.05) is 0 Å².